The van der Waals surface area contributed by atoms with Crippen molar-refractivity contribution in [3.8, 4) is 0 Å². The van der Waals surface area contributed by atoms with Crippen LogP contribution in [0.5, 0.6) is 0 Å². The third kappa shape index (κ3) is 2.65. The van der Waals surface area contributed by atoms with Gasteiger partial charge in [-0.2, -0.15) is 0 Å². The van der Waals surface area contributed by atoms with Crippen molar-refractivity contribution in [2.75, 3.05) is 7.05 Å². The number of hydrogen-bond acceptors (Lipinski definition) is 4. The van der Waals surface area contributed by atoms with Crippen LogP contribution in [0, 0.1) is 0 Å². The molecule has 1 N–H and O–H groups in total. The monoisotopic (exact) mass is 248 g/mol. The van der Waals surface area contributed by atoms with Crippen LogP contribution < -0.4 is 0 Å². The predicted octanol–water partition coefficient (Wildman–Crippen LogP) is 1.26. The number of carboxylic acids is 1. The Hall–Kier alpha value is -2.37. The Kier molecular flexibility index (Phi) is 3.27. The Balaban J connectivity index is 2.08. The summed E-state index contributed by atoms with van der Waals surface area (Å²) in [6, 6.07) is 5.41. The number of aliphatic carboxylic acids is 1. The molecule has 0 bridgehead atoms. The Morgan fingerprint density at radius 3 is 2.94 bits per heavy atom. The van der Waals surface area contributed by atoms with E-state index in [1.165, 1.54) is 11.3 Å². The number of carboxylic acid groups (broad SMARTS) is 1. The van der Waals surface area contributed by atoms with Gasteiger partial charge in [-0.3, -0.25) is 9.59 Å². The van der Waals surface area contributed by atoms with E-state index in [9.17, 15) is 9.59 Å². The molecule has 1 aromatic carbocycles. The van der Waals surface area contributed by atoms with E-state index in [0.717, 1.165) is 11.1 Å². The molecule has 6 nitrogen and oxygen atoms in total. The maximum absolute atomic E-state index is 11.5. The number of benzene rings is 1. The van der Waals surface area contributed by atoms with E-state index >= 15 is 0 Å². The zero-order chi connectivity index (χ0) is 13.1. The summed E-state index contributed by atoms with van der Waals surface area (Å²) in [4.78, 5) is 27.3. The van der Waals surface area contributed by atoms with Gasteiger partial charge in [0.05, 0.1) is 0 Å². The van der Waals surface area contributed by atoms with Crippen molar-refractivity contribution in [3.63, 3.8) is 0 Å². The Bertz CT molecular complexity index is 591. The molecule has 2 aromatic rings. The van der Waals surface area contributed by atoms with Crippen molar-refractivity contribution in [2.45, 2.75) is 13.0 Å². The largest absolute Gasteiger partial charge is 0.481 e. The fourth-order valence-electron chi connectivity index (χ4n) is 1.62. The highest BCUT2D eigenvalue weighted by molar-refractivity contribution is 5.93. The summed E-state index contributed by atoms with van der Waals surface area (Å²) in [5.41, 5.74) is 2.25. The first-order chi connectivity index (χ1) is 8.56. The van der Waals surface area contributed by atoms with Crippen molar-refractivity contribution in [3.05, 3.63) is 30.2 Å². The van der Waals surface area contributed by atoms with Gasteiger partial charge >= 0.3 is 5.97 Å². The van der Waals surface area contributed by atoms with Crippen LogP contribution in [0.15, 0.2) is 29.0 Å². The van der Waals surface area contributed by atoms with E-state index in [2.05, 4.69) is 4.98 Å². The van der Waals surface area contributed by atoms with Crippen molar-refractivity contribution in [2.24, 2.45) is 0 Å². The molecule has 0 fully saturated rings. The number of aromatic nitrogens is 1. The van der Waals surface area contributed by atoms with E-state index in [-0.39, 0.29) is 0 Å². The van der Waals surface area contributed by atoms with E-state index in [0.29, 0.717) is 12.1 Å². The average Bonchev–Trinajstić information content (AvgIpc) is 2.75. The van der Waals surface area contributed by atoms with Gasteiger partial charge in [-0.25, -0.2) is 4.98 Å². The summed E-state index contributed by atoms with van der Waals surface area (Å²) in [7, 11) is 1.57. The maximum Gasteiger partial charge on any atom is 0.312 e. The van der Waals surface area contributed by atoms with Gasteiger partial charge in [0.2, 0.25) is 5.91 Å². The summed E-state index contributed by atoms with van der Waals surface area (Å²) in [5, 5.41) is 8.54. The summed E-state index contributed by atoms with van der Waals surface area (Å²) in [6.07, 6.45) is 0.856. The number of fused-ring (bicyclic) bond motifs is 1. The minimum absolute atomic E-state index is 0.336. The van der Waals surface area contributed by atoms with Crippen LogP contribution in [-0.4, -0.2) is 33.9 Å². The van der Waals surface area contributed by atoms with Crippen LogP contribution in [-0.2, 0) is 16.1 Å². The number of oxazole rings is 1. The second kappa shape index (κ2) is 4.87. The lowest BCUT2D eigenvalue weighted by atomic mass is 10.2. The summed E-state index contributed by atoms with van der Waals surface area (Å²) < 4.78 is 5.16. The van der Waals surface area contributed by atoms with Crippen LogP contribution in [0.4, 0.5) is 0 Å². The highest BCUT2D eigenvalue weighted by Gasteiger charge is 2.13. The van der Waals surface area contributed by atoms with Gasteiger partial charge in [0.25, 0.3) is 0 Å². The van der Waals surface area contributed by atoms with E-state index in [4.69, 9.17) is 9.52 Å². The van der Waals surface area contributed by atoms with Gasteiger partial charge in [-0.05, 0) is 17.7 Å². The normalized spacial score (nSPS) is 10.5. The van der Waals surface area contributed by atoms with Gasteiger partial charge in [-0.15, -0.1) is 0 Å². The van der Waals surface area contributed by atoms with Gasteiger partial charge in [0.15, 0.2) is 12.0 Å². The molecule has 0 radical (unpaired) electrons. The summed E-state index contributed by atoms with van der Waals surface area (Å²) in [6.45, 7) is 0.336. The fourth-order valence-corrected chi connectivity index (χ4v) is 1.62. The molecule has 1 aromatic heterocycles. The van der Waals surface area contributed by atoms with Gasteiger partial charge in [0.1, 0.15) is 11.9 Å². The quantitative estimate of drug-likeness (QED) is 0.823. The van der Waals surface area contributed by atoms with E-state index in [1.54, 1.807) is 19.2 Å². The molecule has 2 rings (SSSR count). The molecule has 6 heteroatoms. The maximum atomic E-state index is 11.5. The molecular formula is C12H12N2O4. The van der Waals surface area contributed by atoms with Crippen LogP contribution >= 0.6 is 0 Å². The third-order valence-electron chi connectivity index (χ3n) is 2.54. The SMILES string of the molecule is CN(Cc1ccc2ncoc2c1)C(=O)CC(=O)O. The molecule has 0 aliphatic heterocycles. The predicted molar refractivity (Wildman–Crippen MR) is 62.7 cm³/mol. The van der Waals surface area contributed by atoms with Crippen LogP contribution in [0.25, 0.3) is 11.1 Å². The number of rotatable bonds is 4. The van der Waals surface area contributed by atoms with E-state index < -0.39 is 18.3 Å². The molecule has 0 atom stereocenters. The molecule has 1 heterocycles. The number of carbonyl (C=O) groups is 2. The standard InChI is InChI=1S/C12H12N2O4/c1-14(11(15)5-12(16)17)6-8-2-3-9-10(4-8)18-7-13-9/h2-4,7H,5-6H2,1H3,(H,16,17). The van der Waals surface area contributed by atoms with E-state index in [1.807, 2.05) is 6.07 Å². The molecular weight excluding hydrogens is 236 g/mol. The van der Waals surface area contributed by atoms with Crippen molar-refractivity contribution < 1.29 is 19.1 Å². The number of amides is 1. The second-order valence-electron chi connectivity index (χ2n) is 3.97. The van der Waals surface area contributed by atoms with Crippen molar-refractivity contribution >= 4 is 23.0 Å². The Morgan fingerprint density at radius 1 is 1.44 bits per heavy atom. The summed E-state index contributed by atoms with van der Waals surface area (Å²) in [5.74, 6) is -1.56. The molecule has 1 amide bonds. The van der Waals surface area contributed by atoms with Crippen LogP contribution in [0.3, 0.4) is 0 Å². The molecule has 0 saturated heterocycles. The molecule has 0 aliphatic carbocycles. The minimum Gasteiger partial charge on any atom is -0.481 e. The zero-order valence-corrected chi connectivity index (χ0v) is 9.79. The zero-order valence-electron chi connectivity index (χ0n) is 9.79. The summed E-state index contributed by atoms with van der Waals surface area (Å²) >= 11 is 0. The first-order valence-corrected chi connectivity index (χ1v) is 5.34. The number of hydrogen-bond donors (Lipinski definition) is 1. The third-order valence-corrected chi connectivity index (χ3v) is 2.54. The first kappa shape index (κ1) is 12.1. The number of carbonyl (C=O) groups excluding carboxylic acids is 1. The lowest BCUT2D eigenvalue weighted by molar-refractivity contribution is -0.143. The highest BCUT2D eigenvalue weighted by Crippen LogP contribution is 2.15. The molecule has 18 heavy (non-hydrogen) atoms. The van der Waals surface area contributed by atoms with Crippen LogP contribution in [0.2, 0.25) is 0 Å². The lowest BCUT2D eigenvalue weighted by Crippen LogP contribution is -2.27. The van der Waals surface area contributed by atoms with Crippen LogP contribution in [0.1, 0.15) is 12.0 Å². The van der Waals surface area contributed by atoms with Gasteiger partial charge in [-0.1, -0.05) is 6.07 Å². The number of nitrogens with zero attached hydrogens (tertiary/aromatic N) is 2. The molecule has 0 spiro atoms. The van der Waals surface area contributed by atoms with Gasteiger partial charge in [0, 0.05) is 13.6 Å². The molecule has 0 saturated carbocycles. The van der Waals surface area contributed by atoms with Crippen molar-refractivity contribution in [1.82, 2.24) is 9.88 Å². The second-order valence-corrected chi connectivity index (χ2v) is 3.97. The Morgan fingerprint density at radius 2 is 2.22 bits per heavy atom. The lowest BCUT2D eigenvalue weighted by Gasteiger charge is -2.16. The first-order valence-electron chi connectivity index (χ1n) is 5.34. The highest BCUT2D eigenvalue weighted by atomic mass is 16.4. The molecule has 0 aliphatic rings. The fraction of sp³-hybridized carbons (Fsp3) is 0.250. The molecule has 0 unspecified atom stereocenters. The minimum atomic E-state index is -1.13. The van der Waals surface area contributed by atoms with Gasteiger partial charge < -0.3 is 14.4 Å². The smallest absolute Gasteiger partial charge is 0.312 e. The average molecular weight is 248 g/mol. The Labute approximate surface area is 103 Å². The molecule has 94 valence electrons. The van der Waals surface area contributed by atoms with Crippen molar-refractivity contribution in [1.29, 1.82) is 0 Å². The topological polar surface area (TPSA) is 83.6 Å².